The highest BCUT2D eigenvalue weighted by atomic mass is 16.5. The molecule has 4 rings (SSSR count). The number of carbonyl (C=O) groups is 2. The Bertz CT molecular complexity index is 1270. The molecule has 174 valence electrons. The summed E-state index contributed by atoms with van der Waals surface area (Å²) < 4.78 is 5.75. The molecule has 1 aliphatic rings. The first kappa shape index (κ1) is 23.3. The molecule has 0 aromatic heterocycles. The van der Waals surface area contributed by atoms with E-state index < -0.39 is 17.7 Å². The highest BCUT2D eigenvalue weighted by Crippen LogP contribution is 2.42. The summed E-state index contributed by atoms with van der Waals surface area (Å²) in [7, 11) is 0. The minimum atomic E-state index is -0.737. The van der Waals surface area contributed by atoms with Gasteiger partial charge < -0.3 is 9.84 Å². The molecule has 3 aromatic rings. The monoisotopic (exact) mass is 455 g/mol. The maximum absolute atomic E-state index is 13.3. The van der Waals surface area contributed by atoms with E-state index in [1.165, 1.54) is 4.90 Å². The van der Waals surface area contributed by atoms with Crippen molar-refractivity contribution in [1.29, 1.82) is 0 Å². The number of ether oxygens (including phenoxy) is 1. The summed E-state index contributed by atoms with van der Waals surface area (Å²) in [6.07, 6.45) is 0.889. The standard InChI is InChI=1S/C29H29NO4/c1-5-15-34-24-14-11-22(17-20(24)4)27(31)25-26(21-8-6-7-19(3)16-21)30(29(33)28(25)32)23-12-9-18(2)10-13-23/h6-14,16-17,26,31H,5,15H2,1-4H3/b27-25-. The van der Waals surface area contributed by atoms with E-state index in [0.717, 1.165) is 34.4 Å². The lowest BCUT2D eigenvalue weighted by Crippen LogP contribution is -2.29. The quantitative estimate of drug-likeness (QED) is 0.280. The van der Waals surface area contributed by atoms with Crippen LogP contribution in [0.4, 0.5) is 5.69 Å². The average molecular weight is 456 g/mol. The molecule has 5 heteroatoms. The molecule has 1 heterocycles. The van der Waals surface area contributed by atoms with Crippen molar-refractivity contribution in [1.82, 2.24) is 0 Å². The Labute approximate surface area is 200 Å². The van der Waals surface area contributed by atoms with E-state index in [1.54, 1.807) is 18.2 Å². The number of carbonyl (C=O) groups excluding carboxylic acids is 2. The average Bonchev–Trinajstić information content (AvgIpc) is 3.09. The van der Waals surface area contributed by atoms with Crippen LogP contribution in [0.25, 0.3) is 5.76 Å². The number of amides is 1. The Morgan fingerprint density at radius 3 is 2.32 bits per heavy atom. The van der Waals surface area contributed by atoms with Crippen LogP contribution in [0, 0.1) is 20.8 Å². The number of nitrogens with zero attached hydrogens (tertiary/aromatic N) is 1. The van der Waals surface area contributed by atoms with Crippen LogP contribution in [-0.4, -0.2) is 23.4 Å². The highest BCUT2D eigenvalue weighted by Gasteiger charge is 2.47. The van der Waals surface area contributed by atoms with Gasteiger partial charge in [0.05, 0.1) is 18.2 Å². The molecule has 1 unspecified atom stereocenters. The number of Topliss-reactive ketones (excluding diaryl/α,β-unsaturated/α-hetero) is 1. The number of anilines is 1. The molecule has 0 spiro atoms. The molecule has 1 N–H and O–H groups in total. The van der Waals surface area contributed by atoms with Gasteiger partial charge in [-0.05, 0) is 68.7 Å². The van der Waals surface area contributed by atoms with E-state index in [-0.39, 0.29) is 11.3 Å². The van der Waals surface area contributed by atoms with Crippen LogP contribution in [0.3, 0.4) is 0 Å². The van der Waals surface area contributed by atoms with Crippen LogP contribution in [0.1, 0.15) is 47.2 Å². The number of hydrogen-bond acceptors (Lipinski definition) is 4. The zero-order valence-electron chi connectivity index (χ0n) is 20.0. The molecule has 1 fully saturated rings. The van der Waals surface area contributed by atoms with Crippen molar-refractivity contribution in [3.63, 3.8) is 0 Å². The van der Waals surface area contributed by atoms with E-state index in [1.807, 2.05) is 76.2 Å². The summed E-state index contributed by atoms with van der Waals surface area (Å²) in [5, 5.41) is 11.3. The Morgan fingerprint density at radius 2 is 1.68 bits per heavy atom. The molecule has 5 nitrogen and oxygen atoms in total. The van der Waals surface area contributed by atoms with E-state index in [2.05, 4.69) is 0 Å². The number of rotatable bonds is 6. The zero-order valence-corrected chi connectivity index (χ0v) is 20.0. The summed E-state index contributed by atoms with van der Waals surface area (Å²) in [6, 6.07) is 19.7. The van der Waals surface area contributed by atoms with Gasteiger partial charge in [0.2, 0.25) is 0 Å². The van der Waals surface area contributed by atoms with Crippen molar-refractivity contribution in [2.24, 2.45) is 0 Å². The first-order valence-electron chi connectivity index (χ1n) is 11.5. The van der Waals surface area contributed by atoms with Gasteiger partial charge in [0.25, 0.3) is 11.7 Å². The van der Waals surface area contributed by atoms with Gasteiger partial charge in [0, 0.05) is 11.3 Å². The second kappa shape index (κ2) is 9.56. The molecule has 0 aliphatic carbocycles. The summed E-state index contributed by atoms with van der Waals surface area (Å²) >= 11 is 0. The fourth-order valence-corrected chi connectivity index (χ4v) is 4.29. The molecule has 1 aliphatic heterocycles. The lowest BCUT2D eigenvalue weighted by atomic mass is 9.93. The molecule has 3 aromatic carbocycles. The van der Waals surface area contributed by atoms with Crippen LogP contribution in [0.2, 0.25) is 0 Å². The van der Waals surface area contributed by atoms with Gasteiger partial charge in [-0.1, -0.05) is 54.4 Å². The minimum Gasteiger partial charge on any atom is -0.507 e. The van der Waals surface area contributed by atoms with Crippen molar-refractivity contribution in [2.75, 3.05) is 11.5 Å². The van der Waals surface area contributed by atoms with Crippen molar-refractivity contribution in [2.45, 2.75) is 40.2 Å². The first-order valence-corrected chi connectivity index (χ1v) is 11.5. The molecule has 0 bridgehead atoms. The van der Waals surface area contributed by atoms with Gasteiger partial charge in [0.15, 0.2) is 0 Å². The van der Waals surface area contributed by atoms with Crippen molar-refractivity contribution in [3.05, 3.63) is 100 Å². The van der Waals surface area contributed by atoms with E-state index >= 15 is 0 Å². The summed E-state index contributed by atoms with van der Waals surface area (Å²) in [5.41, 5.74) is 4.82. The minimum absolute atomic E-state index is 0.0813. The normalized spacial score (nSPS) is 17.3. The predicted octanol–water partition coefficient (Wildman–Crippen LogP) is 6.03. The molecule has 34 heavy (non-hydrogen) atoms. The van der Waals surface area contributed by atoms with E-state index in [4.69, 9.17) is 4.74 Å². The van der Waals surface area contributed by atoms with Crippen LogP contribution in [0.5, 0.6) is 5.75 Å². The van der Waals surface area contributed by atoms with E-state index in [0.29, 0.717) is 17.9 Å². The van der Waals surface area contributed by atoms with Crippen LogP contribution in [0.15, 0.2) is 72.3 Å². The molecule has 1 amide bonds. The summed E-state index contributed by atoms with van der Waals surface area (Å²) in [4.78, 5) is 28.0. The first-order chi connectivity index (χ1) is 16.3. The Kier molecular flexibility index (Phi) is 6.55. The third-order valence-electron chi connectivity index (χ3n) is 6.02. The highest BCUT2D eigenvalue weighted by molar-refractivity contribution is 6.51. The summed E-state index contributed by atoms with van der Waals surface area (Å²) in [6.45, 7) is 8.45. The zero-order chi connectivity index (χ0) is 24.4. The molecular weight excluding hydrogens is 426 g/mol. The van der Waals surface area contributed by atoms with Gasteiger partial charge in [-0.3, -0.25) is 14.5 Å². The number of ketones is 1. The third kappa shape index (κ3) is 4.34. The number of aliphatic hydroxyl groups excluding tert-OH is 1. The fraction of sp³-hybridized carbons (Fsp3) is 0.241. The number of aliphatic hydroxyl groups is 1. The maximum atomic E-state index is 13.3. The van der Waals surface area contributed by atoms with Crippen molar-refractivity contribution >= 4 is 23.1 Å². The van der Waals surface area contributed by atoms with Crippen molar-refractivity contribution < 1.29 is 19.4 Å². The molecular formula is C29H29NO4. The lowest BCUT2D eigenvalue weighted by Gasteiger charge is -2.26. The predicted molar refractivity (Wildman–Crippen MR) is 134 cm³/mol. The Hall–Kier alpha value is -3.86. The SMILES string of the molecule is CCCOc1ccc(/C(O)=C2/C(=O)C(=O)N(c3ccc(C)cc3)C2c2cccc(C)c2)cc1C. The Morgan fingerprint density at radius 1 is 0.941 bits per heavy atom. The molecule has 1 atom stereocenters. The van der Waals surface area contributed by atoms with Gasteiger partial charge in [-0.15, -0.1) is 0 Å². The number of benzene rings is 3. The van der Waals surface area contributed by atoms with E-state index in [9.17, 15) is 14.7 Å². The van der Waals surface area contributed by atoms with Gasteiger partial charge in [0.1, 0.15) is 11.5 Å². The molecule has 0 radical (unpaired) electrons. The molecule has 1 saturated heterocycles. The van der Waals surface area contributed by atoms with Crippen LogP contribution in [-0.2, 0) is 9.59 Å². The smallest absolute Gasteiger partial charge is 0.300 e. The maximum Gasteiger partial charge on any atom is 0.300 e. The molecule has 0 saturated carbocycles. The summed E-state index contributed by atoms with van der Waals surface area (Å²) in [5.74, 6) is -0.816. The number of aryl methyl sites for hydroxylation is 3. The largest absolute Gasteiger partial charge is 0.507 e. The number of hydrogen-bond donors (Lipinski definition) is 1. The Balaban J connectivity index is 1.88. The third-order valence-corrected chi connectivity index (χ3v) is 6.02. The second-order valence-electron chi connectivity index (χ2n) is 8.75. The van der Waals surface area contributed by atoms with Crippen LogP contribution >= 0.6 is 0 Å². The topological polar surface area (TPSA) is 66.8 Å². The fourth-order valence-electron chi connectivity index (χ4n) is 4.29. The lowest BCUT2D eigenvalue weighted by molar-refractivity contribution is -0.132. The second-order valence-corrected chi connectivity index (χ2v) is 8.75. The van der Waals surface area contributed by atoms with Crippen molar-refractivity contribution in [3.8, 4) is 5.75 Å². The van der Waals surface area contributed by atoms with Gasteiger partial charge in [-0.2, -0.15) is 0 Å². The van der Waals surface area contributed by atoms with Gasteiger partial charge >= 0.3 is 0 Å². The van der Waals surface area contributed by atoms with Gasteiger partial charge in [-0.25, -0.2) is 0 Å². The van der Waals surface area contributed by atoms with Crippen LogP contribution < -0.4 is 9.64 Å².